The summed E-state index contributed by atoms with van der Waals surface area (Å²) in [4.78, 5) is 1.49. The Morgan fingerprint density at radius 2 is 2.00 bits per heavy atom. The zero-order valence-electron chi connectivity index (χ0n) is 11.7. The molecule has 0 saturated heterocycles. The minimum atomic E-state index is -3.55. The number of sulfonamides is 1. The van der Waals surface area contributed by atoms with Gasteiger partial charge in [0.15, 0.2) is 0 Å². The van der Waals surface area contributed by atoms with E-state index in [4.69, 9.17) is 18.0 Å². The van der Waals surface area contributed by atoms with E-state index < -0.39 is 10.0 Å². The Bertz CT molecular complexity index is 779. The Morgan fingerprint density at radius 1 is 1.29 bits per heavy atom. The van der Waals surface area contributed by atoms with Crippen LogP contribution in [0.3, 0.4) is 0 Å². The summed E-state index contributed by atoms with van der Waals surface area (Å²) < 4.78 is 27.2. The first-order valence-corrected chi connectivity index (χ1v) is 9.01. The second kappa shape index (κ2) is 6.23. The number of aryl methyl sites for hydroxylation is 2. The highest BCUT2D eigenvalue weighted by Crippen LogP contribution is 2.18. The molecule has 0 amide bonds. The van der Waals surface area contributed by atoms with Gasteiger partial charge in [0, 0.05) is 17.0 Å². The maximum Gasteiger partial charge on any atom is 0.240 e. The molecule has 1 aromatic heterocycles. The van der Waals surface area contributed by atoms with E-state index in [2.05, 4.69) is 4.72 Å². The van der Waals surface area contributed by atoms with Crippen molar-refractivity contribution < 1.29 is 8.42 Å². The van der Waals surface area contributed by atoms with Crippen molar-refractivity contribution in [3.8, 4) is 0 Å². The number of nitrogens with two attached hydrogens (primary N) is 1. The molecule has 0 spiro atoms. The first-order valence-electron chi connectivity index (χ1n) is 6.24. The average molecular weight is 340 g/mol. The van der Waals surface area contributed by atoms with Crippen LogP contribution in [0.25, 0.3) is 0 Å². The summed E-state index contributed by atoms with van der Waals surface area (Å²) in [5.74, 6) is 0. The van der Waals surface area contributed by atoms with Gasteiger partial charge in [-0.15, -0.1) is 11.3 Å². The van der Waals surface area contributed by atoms with Gasteiger partial charge in [-0.3, -0.25) is 0 Å². The molecule has 0 atom stereocenters. The maximum atomic E-state index is 12.3. The van der Waals surface area contributed by atoms with Crippen molar-refractivity contribution in [3.63, 3.8) is 0 Å². The van der Waals surface area contributed by atoms with Gasteiger partial charge in [-0.25, -0.2) is 13.1 Å². The van der Waals surface area contributed by atoms with Crippen molar-refractivity contribution in [1.29, 1.82) is 0 Å². The van der Waals surface area contributed by atoms with Crippen molar-refractivity contribution in [2.45, 2.75) is 25.3 Å². The Kier molecular flexibility index (Phi) is 4.77. The summed E-state index contributed by atoms with van der Waals surface area (Å²) in [6.07, 6.45) is 0. The van der Waals surface area contributed by atoms with E-state index in [1.807, 2.05) is 18.4 Å². The van der Waals surface area contributed by atoms with E-state index in [1.165, 1.54) is 17.4 Å². The van der Waals surface area contributed by atoms with Crippen molar-refractivity contribution in [3.05, 3.63) is 51.2 Å². The van der Waals surface area contributed by atoms with Crippen LogP contribution in [0, 0.1) is 13.8 Å². The van der Waals surface area contributed by atoms with Crippen LogP contribution >= 0.6 is 23.6 Å². The number of rotatable bonds is 5. The molecule has 2 rings (SSSR count). The van der Waals surface area contributed by atoms with E-state index >= 15 is 0 Å². The predicted octanol–water partition coefficient (Wildman–Crippen LogP) is 2.48. The van der Waals surface area contributed by atoms with Gasteiger partial charge in [-0.05, 0) is 48.6 Å². The van der Waals surface area contributed by atoms with Crippen molar-refractivity contribution in [1.82, 2.24) is 4.72 Å². The lowest BCUT2D eigenvalue weighted by Crippen LogP contribution is -2.23. The normalized spacial score (nSPS) is 11.5. The molecule has 112 valence electrons. The fourth-order valence-electron chi connectivity index (χ4n) is 1.91. The SMILES string of the molecule is Cc1cc(S(=O)(=O)NCc2sccc2C)ccc1C(N)=S. The molecule has 4 nitrogen and oxygen atoms in total. The molecule has 0 aliphatic heterocycles. The largest absolute Gasteiger partial charge is 0.389 e. The van der Waals surface area contributed by atoms with E-state index in [0.717, 1.165) is 16.0 Å². The summed E-state index contributed by atoms with van der Waals surface area (Å²) in [5.41, 5.74) is 8.11. The molecule has 0 saturated carbocycles. The zero-order chi connectivity index (χ0) is 15.6. The van der Waals surface area contributed by atoms with Crippen molar-refractivity contribution >= 4 is 38.6 Å². The predicted molar refractivity (Wildman–Crippen MR) is 90.1 cm³/mol. The number of thiocarbonyl (C=S) groups is 1. The van der Waals surface area contributed by atoms with Crippen molar-refractivity contribution in [2.24, 2.45) is 5.73 Å². The van der Waals surface area contributed by atoms with E-state index in [-0.39, 0.29) is 9.88 Å². The molecule has 2 aromatic rings. The van der Waals surface area contributed by atoms with Crippen LogP contribution in [0.5, 0.6) is 0 Å². The Balaban J connectivity index is 2.22. The number of nitrogens with one attached hydrogen (secondary N) is 1. The molecule has 0 bridgehead atoms. The smallest absolute Gasteiger partial charge is 0.240 e. The summed E-state index contributed by atoms with van der Waals surface area (Å²) >= 11 is 6.45. The van der Waals surface area contributed by atoms with Crippen LogP contribution in [0.1, 0.15) is 21.6 Å². The molecule has 0 fully saturated rings. The molecule has 7 heteroatoms. The van der Waals surface area contributed by atoms with E-state index in [1.54, 1.807) is 19.1 Å². The number of hydrogen-bond acceptors (Lipinski definition) is 4. The monoisotopic (exact) mass is 340 g/mol. The topological polar surface area (TPSA) is 72.2 Å². The maximum absolute atomic E-state index is 12.3. The number of benzene rings is 1. The second-order valence-electron chi connectivity index (χ2n) is 4.69. The minimum Gasteiger partial charge on any atom is -0.389 e. The number of hydrogen-bond donors (Lipinski definition) is 2. The van der Waals surface area contributed by atoms with E-state index in [0.29, 0.717) is 12.1 Å². The Morgan fingerprint density at radius 3 is 2.52 bits per heavy atom. The highest BCUT2D eigenvalue weighted by Gasteiger charge is 2.16. The molecule has 0 aliphatic carbocycles. The Labute approximate surface area is 134 Å². The van der Waals surface area contributed by atoms with Gasteiger partial charge in [-0.1, -0.05) is 18.3 Å². The van der Waals surface area contributed by atoms with Crippen LogP contribution < -0.4 is 10.5 Å². The standard InChI is InChI=1S/C14H16N2O2S3/c1-9-5-6-20-13(9)8-16-21(17,18)11-3-4-12(14(15)19)10(2)7-11/h3-7,16H,8H2,1-2H3,(H2,15,19). The van der Waals surface area contributed by atoms with Gasteiger partial charge in [0.2, 0.25) is 10.0 Å². The third-order valence-corrected chi connectivity index (χ3v) is 5.81. The van der Waals surface area contributed by atoms with Crippen LogP contribution in [0.2, 0.25) is 0 Å². The molecule has 0 radical (unpaired) electrons. The molecular weight excluding hydrogens is 324 g/mol. The molecule has 1 heterocycles. The van der Waals surface area contributed by atoms with Crippen LogP contribution in [0.15, 0.2) is 34.5 Å². The van der Waals surface area contributed by atoms with Gasteiger partial charge in [0.25, 0.3) is 0 Å². The fourth-order valence-corrected chi connectivity index (χ4v) is 4.16. The third kappa shape index (κ3) is 3.68. The van der Waals surface area contributed by atoms with Gasteiger partial charge < -0.3 is 5.73 Å². The average Bonchev–Trinajstić information content (AvgIpc) is 2.81. The third-order valence-electron chi connectivity index (χ3n) is 3.16. The minimum absolute atomic E-state index is 0.217. The highest BCUT2D eigenvalue weighted by molar-refractivity contribution is 7.89. The summed E-state index contributed by atoms with van der Waals surface area (Å²) in [7, 11) is -3.55. The van der Waals surface area contributed by atoms with Crippen LogP contribution in [0.4, 0.5) is 0 Å². The fraction of sp³-hybridized carbons (Fsp3) is 0.214. The second-order valence-corrected chi connectivity index (χ2v) is 7.90. The highest BCUT2D eigenvalue weighted by atomic mass is 32.2. The van der Waals surface area contributed by atoms with Crippen LogP contribution in [-0.4, -0.2) is 13.4 Å². The molecule has 21 heavy (non-hydrogen) atoms. The lowest BCUT2D eigenvalue weighted by molar-refractivity contribution is 0.581. The van der Waals surface area contributed by atoms with Crippen LogP contribution in [-0.2, 0) is 16.6 Å². The van der Waals surface area contributed by atoms with Gasteiger partial charge in [0.05, 0.1) is 4.90 Å². The first-order chi connectivity index (χ1) is 9.81. The quantitative estimate of drug-likeness (QED) is 0.820. The van der Waals surface area contributed by atoms with Gasteiger partial charge >= 0.3 is 0 Å². The van der Waals surface area contributed by atoms with Crippen molar-refractivity contribution in [2.75, 3.05) is 0 Å². The Hall–Kier alpha value is -1.28. The zero-order valence-corrected chi connectivity index (χ0v) is 14.2. The van der Waals surface area contributed by atoms with E-state index in [9.17, 15) is 8.42 Å². The lowest BCUT2D eigenvalue weighted by atomic mass is 10.1. The lowest BCUT2D eigenvalue weighted by Gasteiger charge is -2.09. The first kappa shape index (κ1) is 16.1. The van der Waals surface area contributed by atoms with Gasteiger partial charge in [-0.2, -0.15) is 0 Å². The summed E-state index contributed by atoms with van der Waals surface area (Å²) in [6.45, 7) is 4.04. The molecule has 1 aromatic carbocycles. The summed E-state index contributed by atoms with van der Waals surface area (Å²) in [5, 5.41) is 1.94. The summed E-state index contributed by atoms with van der Waals surface area (Å²) in [6, 6.07) is 6.71. The molecule has 3 N–H and O–H groups in total. The van der Waals surface area contributed by atoms with Gasteiger partial charge in [0.1, 0.15) is 4.99 Å². The molecule has 0 aliphatic rings. The number of thiophene rings is 1. The molecular formula is C14H16N2O2S3. The molecule has 0 unspecified atom stereocenters.